The van der Waals surface area contributed by atoms with Gasteiger partial charge >= 0.3 is 6.09 Å². The highest BCUT2D eigenvalue weighted by Gasteiger charge is 2.59. The van der Waals surface area contributed by atoms with Crippen LogP contribution in [0, 0.1) is 11.3 Å². The van der Waals surface area contributed by atoms with Crippen molar-refractivity contribution in [2.24, 2.45) is 11.3 Å². The second kappa shape index (κ2) is 9.43. The summed E-state index contributed by atoms with van der Waals surface area (Å²) < 4.78 is 5.08. The van der Waals surface area contributed by atoms with Crippen LogP contribution in [0.1, 0.15) is 31.1 Å². The molecule has 0 bridgehead atoms. The summed E-state index contributed by atoms with van der Waals surface area (Å²) in [5.74, 6) is 0.462. The van der Waals surface area contributed by atoms with Crippen molar-refractivity contribution < 1.29 is 14.3 Å². The minimum atomic E-state index is -0.267. The SMILES string of the molecule is CCOC(=O)N1CCN(C(=O)[C@@H]2CC23CCN(Cc2cnc(-c4ccccc4)s2)CC3)CC1. The van der Waals surface area contributed by atoms with Gasteiger partial charge in [0.1, 0.15) is 5.01 Å². The standard InChI is InChI=1S/C25H32N4O3S/c1-2-32-24(31)29-14-12-28(13-15-29)23(30)21-16-25(21)8-10-27(11-9-25)18-20-17-26-22(33-20)19-6-4-3-5-7-19/h3-7,17,21H,2,8-16,18H2,1H3/t21-/m0/s1. The number of carbonyl (C=O) groups excluding carboxylic acids is 2. The molecule has 1 saturated carbocycles. The molecule has 2 saturated heterocycles. The number of nitrogens with zero attached hydrogens (tertiary/aromatic N) is 4. The van der Waals surface area contributed by atoms with Gasteiger partial charge in [-0.2, -0.15) is 0 Å². The molecule has 0 radical (unpaired) electrons. The maximum atomic E-state index is 13.1. The Kier molecular flexibility index (Phi) is 6.38. The topological polar surface area (TPSA) is 66.0 Å². The second-order valence-electron chi connectivity index (χ2n) is 9.40. The van der Waals surface area contributed by atoms with Crippen LogP contribution in [0.15, 0.2) is 36.5 Å². The number of aromatic nitrogens is 1. The van der Waals surface area contributed by atoms with Crippen LogP contribution < -0.4 is 0 Å². The minimum absolute atomic E-state index is 0.168. The Labute approximate surface area is 199 Å². The van der Waals surface area contributed by atoms with Gasteiger partial charge in [0, 0.05) is 55.3 Å². The molecule has 8 heteroatoms. The second-order valence-corrected chi connectivity index (χ2v) is 10.5. The summed E-state index contributed by atoms with van der Waals surface area (Å²) in [5.41, 5.74) is 1.38. The first-order valence-corrected chi connectivity index (χ1v) is 12.8. The van der Waals surface area contributed by atoms with E-state index in [4.69, 9.17) is 4.74 Å². The average Bonchev–Trinajstić information content (AvgIpc) is 3.34. The zero-order valence-electron chi connectivity index (χ0n) is 19.2. The summed E-state index contributed by atoms with van der Waals surface area (Å²) in [6.45, 7) is 7.59. The monoisotopic (exact) mass is 468 g/mol. The Morgan fingerprint density at radius 3 is 2.45 bits per heavy atom. The Hall–Kier alpha value is -2.45. The van der Waals surface area contributed by atoms with Gasteiger partial charge < -0.3 is 14.5 Å². The third-order valence-corrected chi connectivity index (χ3v) is 8.44. The molecular formula is C25H32N4O3S. The van der Waals surface area contributed by atoms with Gasteiger partial charge in [-0.15, -0.1) is 11.3 Å². The molecule has 3 heterocycles. The van der Waals surface area contributed by atoms with E-state index in [0.29, 0.717) is 38.7 Å². The van der Waals surface area contributed by atoms with E-state index in [9.17, 15) is 9.59 Å². The highest BCUT2D eigenvalue weighted by molar-refractivity contribution is 7.15. The highest BCUT2D eigenvalue weighted by atomic mass is 32.1. The van der Waals surface area contributed by atoms with Crippen LogP contribution in [0.5, 0.6) is 0 Å². The number of thiazole rings is 1. The summed E-state index contributed by atoms with van der Waals surface area (Å²) in [4.78, 5) is 37.1. The number of ether oxygens (including phenoxy) is 1. The molecule has 176 valence electrons. The third kappa shape index (κ3) is 4.77. The number of hydrogen-bond donors (Lipinski definition) is 0. The summed E-state index contributed by atoms with van der Waals surface area (Å²) in [6, 6.07) is 10.3. The van der Waals surface area contributed by atoms with Crippen molar-refractivity contribution in [3.05, 3.63) is 41.4 Å². The first-order chi connectivity index (χ1) is 16.1. The van der Waals surface area contributed by atoms with Crippen LogP contribution in [0.2, 0.25) is 0 Å². The number of benzene rings is 1. The number of piperazine rings is 1. The van der Waals surface area contributed by atoms with Crippen molar-refractivity contribution in [1.82, 2.24) is 19.7 Å². The Balaban J connectivity index is 1.09. The van der Waals surface area contributed by atoms with Crippen LogP contribution >= 0.6 is 11.3 Å². The highest BCUT2D eigenvalue weighted by Crippen LogP contribution is 2.60. The smallest absolute Gasteiger partial charge is 0.409 e. The Morgan fingerprint density at radius 2 is 1.76 bits per heavy atom. The number of piperidine rings is 1. The lowest BCUT2D eigenvalue weighted by Crippen LogP contribution is -2.51. The van der Waals surface area contributed by atoms with Crippen LogP contribution in [-0.2, 0) is 16.1 Å². The fourth-order valence-electron chi connectivity index (χ4n) is 5.27. The van der Waals surface area contributed by atoms with Gasteiger partial charge in [0.05, 0.1) is 6.61 Å². The Bertz CT molecular complexity index is 979. The first kappa shape index (κ1) is 22.3. The summed E-state index contributed by atoms with van der Waals surface area (Å²) >= 11 is 1.77. The molecule has 0 unspecified atom stereocenters. The lowest BCUT2D eigenvalue weighted by molar-refractivity contribution is -0.135. The number of amides is 2. The van der Waals surface area contributed by atoms with Crippen molar-refractivity contribution in [2.75, 3.05) is 45.9 Å². The van der Waals surface area contributed by atoms with E-state index in [1.165, 1.54) is 10.4 Å². The van der Waals surface area contributed by atoms with Gasteiger partial charge in [-0.1, -0.05) is 30.3 Å². The molecule has 2 aromatic rings. The number of carbonyl (C=O) groups is 2. The quantitative estimate of drug-likeness (QED) is 0.669. The van der Waals surface area contributed by atoms with Gasteiger partial charge in [-0.05, 0) is 44.7 Å². The zero-order chi connectivity index (χ0) is 22.8. The molecule has 1 atom stereocenters. The van der Waals surface area contributed by atoms with Gasteiger partial charge in [0.15, 0.2) is 0 Å². The lowest BCUT2D eigenvalue weighted by atomic mass is 9.90. The van der Waals surface area contributed by atoms with Crippen molar-refractivity contribution in [3.63, 3.8) is 0 Å². The molecule has 1 aliphatic carbocycles. The van der Waals surface area contributed by atoms with Gasteiger partial charge in [-0.25, -0.2) is 9.78 Å². The zero-order valence-corrected chi connectivity index (χ0v) is 20.1. The minimum Gasteiger partial charge on any atom is -0.450 e. The molecule has 0 N–H and O–H groups in total. The molecule has 2 amide bonds. The summed E-state index contributed by atoms with van der Waals surface area (Å²) in [7, 11) is 0. The van der Waals surface area contributed by atoms with Crippen molar-refractivity contribution >= 4 is 23.3 Å². The van der Waals surface area contributed by atoms with Crippen molar-refractivity contribution in [1.29, 1.82) is 0 Å². The number of likely N-dealkylation sites (tertiary alicyclic amines) is 1. The van der Waals surface area contributed by atoms with E-state index in [1.807, 2.05) is 36.2 Å². The maximum absolute atomic E-state index is 13.1. The van der Waals surface area contributed by atoms with Crippen molar-refractivity contribution in [2.45, 2.75) is 32.7 Å². The molecule has 5 rings (SSSR count). The molecular weight excluding hydrogens is 436 g/mol. The van der Waals surface area contributed by atoms with E-state index in [2.05, 4.69) is 22.0 Å². The first-order valence-electron chi connectivity index (χ1n) is 12.0. The molecule has 33 heavy (non-hydrogen) atoms. The van der Waals surface area contributed by atoms with E-state index in [0.717, 1.165) is 43.9 Å². The van der Waals surface area contributed by atoms with E-state index in [-0.39, 0.29) is 17.4 Å². The molecule has 3 fully saturated rings. The lowest BCUT2D eigenvalue weighted by Gasteiger charge is -2.36. The van der Waals surface area contributed by atoms with Crippen LogP contribution in [-0.4, -0.2) is 77.6 Å². The largest absolute Gasteiger partial charge is 0.450 e. The molecule has 1 spiro atoms. The number of rotatable bonds is 5. The van der Waals surface area contributed by atoms with Crippen molar-refractivity contribution in [3.8, 4) is 10.6 Å². The van der Waals surface area contributed by atoms with Gasteiger partial charge in [0.25, 0.3) is 0 Å². The van der Waals surface area contributed by atoms with Crippen LogP contribution in [0.25, 0.3) is 10.6 Å². The van der Waals surface area contributed by atoms with E-state index in [1.54, 1.807) is 16.2 Å². The molecule has 1 aromatic heterocycles. The summed E-state index contributed by atoms with van der Waals surface area (Å²) in [5, 5.41) is 1.08. The number of hydrogen-bond acceptors (Lipinski definition) is 6. The molecule has 2 aliphatic heterocycles. The maximum Gasteiger partial charge on any atom is 0.409 e. The van der Waals surface area contributed by atoms with Gasteiger partial charge in [-0.3, -0.25) is 9.69 Å². The fourth-order valence-corrected chi connectivity index (χ4v) is 6.23. The van der Waals surface area contributed by atoms with Crippen LogP contribution in [0.3, 0.4) is 0 Å². The average molecular weight is 469 g/mol. The third-order valence-electron chi connectivity index (χ3n) is 7.41. The summed E-state index contributed by atoms with van der Waals surface area (Å²) in [6.07, 6.45) is 4.96. The predicted molar refractivity (Wildman–Crippen MR) is 128 cm³/mol. The Morgan fingerprint density at radius 1 is 1.06 bits per heavy atom. The van der Waals surface area contributed by atoms with E-state index >= 15 is 0 Å². The molecule has 1 aromatic carbocycles. The van der Waals surface area contributed by atoms with E-state index < -0.39 is 0 Å². The molecule has 3 aliphatic rings. The predicted octanol–water partition coefficient (Wildman–Crippen LogP) is 3.71. The normalized spacial score (nSPS) is 22.4. The van der Waals surface area contributed by atoms with Gasteiger partial charge in [0.2, 0.25) is 5.91 Å². The molecule has 7 nitrogen and oxygen atoms in total. The fraction of sp³-hybridized carbons (Fsp3) is 0.560. The van der Waals surface area contributed by atoms with Crippen LogP contribution in [0.4, 0.5) is 4.79 Å².